The van der Waals surface area contributed by atoms with Gasteiger partial charge in [0.15, 0.2) is 0 Å². The number of aryl methyl sites for hydroxylation is 1. The first-order valence-electron chi connectivity index (χ1n) is 5.66. The summed E-state index contributed by atoms with van der Waals surface area (Å²) in [5.74, 6) is 0.957. The lowest BCUT2D eigenvalue weighted by Gasteiger charge is -2.13. The highest BCUT2D eigenvalue weighted by Crippen LogP contribution is 2.22. The van der Waals surface area contributed by atoms with Crippen molar-refractivity contribution in [1.82, 2.24) is 20.1 Å². The molecule has 0 aliphatic carbocycles. The normalized spacial score (nSPS) is 12.6. The topological polar surface area (TPSA) is 83.2 Å². The van der Waals surface area contributed by atoms with Gasteiger partial charge in [-0.05, 0) is 13.0 Å². The first kappa shape index (κ1) is 12.4. The number of benzene rings is 1. The van der Waals surface area contributed by atoms with E-state index in [9.17, 15) is 10.2 Å². The van der Waals surface area contributed by atoms with E-state index < -0.39 is 0 Å². The summed E-state index contributed by atoms with van der Waals surface area (Å²) in [5, 5.41) is 29.9. The van der Waals surface area contributed by atoms with Gasteiger partial charge in [0.1, 0.15) is 23.7 Å². The van der Waals surface area contributed by atoms with E-state index in [0.717, 1.165) is 11.4 Å². The lowest BCUT2D eigenvalue weighted by Crippen LogP contribution is -2.21. The maximum absolute atomic E-state index is 9.66. The van der Waals surface area contributed by atoms with Gasteiger partial charge in [-0.25, -0.2) is 0 Å². The summed E-state index contributed by atoms with van der Waals surface area (Å²) in [7, 11) is 1.88. The molecule has 0 amide bonds. The first-order valence-corrected chi connectivity index (χ1v) is 5.66. The standard InChI is InChI=1S/C12H16N4O2/c1-8(12-15-14-7-16(12)2)13-6-9-3-4-10(17)5-11(9)18/h3-5,7-8,13,17-18H,6H2,1-2H3. The average molecular weight is 248 g/mol. The minimum atomic E-state index is 0.0192. The maximum Gasteiger partial charge on any atom is 0.149 e. The van der Waals surface area contributed by atoms with Crippen LogP contribution in [0, 0.1) is 0 Å². The molecule has 18 heavy (non-hydrogen) atoms. The van der Waals surface area contributed by atoms with Gasteiger partial charge in [0, 0.05) is 25.2 Å². The predicted molar refractivity (Wildman–Crippen MR) is 66.0 cm³/mol. The van der Waals surface area contributed by atoms with Gasteiger partial charge in [-0.3, -0.25) is 0 Å². The molecule has 0 saturated heterocycles. The second kappa shape index (κ2) is 5.05. The summed E-state index contributed by atoms with van der Waals surface area (Å²) in [6.45, 7) is 2.46. The molecule has 96 valence electrons. The minimum Gasteiger partial charge on any atom is -0.508 e. The molecule has 1 heterocycles. The Hall–Kier alpha value is -2.08. The number of phenols is 2. The number of hydrogen-bond donors (Lipinski definition) is 3. The van der Waals surface area contributed by atoms with Crippen LogP contribution in [0.1, 0.15) is 24.4 Å². The second-order valence-electron chi connectivity index (χ2n) is 4.22. The summed E-state index contributed by atoms with van der Waals surface area (Å²) < 4.78 is 1.84. The van der Waals surface area contributed by atoms with Crippen molar-refractivity contribution in [2.45, 2.75) is 19.5 Å². The molecule has 0 aliphatic heterocycles. The van der Waals surface area contributed by atoms with E-state index in [-0.39, 0.29) is 17.5 Å². The van der Waals surface area contributed by atoms with Gasteiger partial charge >= 0.3 is 0 Å². The van der Waals surface area contributed by atoms with Crippen LogP contribution in [0.15, 0.2) is 24.5 Å². The largest absolute Gasteiger partial charge is 0.508 e. The number of aromatic nitrogens is 3. The van der Waals surface area contributed by atoms with Gasteiger partial charge in [-0.1, -0.05) is 6.07 Å². The Bertz CT molecular complexity index is 539. The molecule has 2 rings (SSSR count). The third kappa shape index (κ3) is 2.60. The summed E-state index contributed by atoms with van der Waals surface area (Å²) in [5.41, 5.74) is 0.724. The molecule has 6 heteroatoms. The van der Waals surface area contributed by atoms with Crippen molar-refractivity contribution >= 4 is 0 Å². The summed E-state index contributed by atoms with van der Waals surface area (Å²) >= 11 is 0. The van der Waals surface area contributed by atoms with Gasteiger partial charge in [-0.2, -0.15) is 0 Å². The molecular weight excluding hydrogens is 232 g/mol. The molecule has 0 aliphatic rings. The van der Waals surface area contributed by atoms with E-state index in [1.54, 1.807) is 18.5 Å². The fourth-order valence-electron chi connectivity index (χ4n) is 1.74. The molecule has 0 saturated carbocycles. The van der Waals surface area contributed by atoms with Gasteiger partial charge in [0.25, 0.3) is 0 Å². The van der Waals surface area contributed by atoms with Crippen LogP contribution in [0.4, 0.5) is 0 Å². The number of rotatable bonds is 4. The smallest absolute Gasteiger partial charge is 0.149 e. The van der Waals surface area contributed by atoms with Crippen molar-refractivity contribution in [1.29, 1.82) is 0 Å². The van der Waals surface area contributed by atoms with Crippen LogP contribution in [-0.2, 0) is 13.6 Å². The highest BCUT2D eigenvalue weighted by molar-refractivity contribution is 5.38. The second-order valence-corrected chi connectivity index (χ2v) is 4.22. The quantitative estimate of drug-likeness (QED) is 0.754. The highest BCUT2D eigenvalue weighted by Gasteiger charge is 2.11. The molecule has 0 radical (unpaired) electrons. The van der Waals surface area contributed by atoms with E-state index in [2.05, 4.69) is 15.5 Å². The van der Waals surface area contributed by atoms with Gasteiger partial charge in [0.2, 0.25) is 0 Å². The van der Waals surface area contributed by atoms with Crippen molar-refractivity contribution in [3.63, 3.8) is 0 Å². The zero-order valence-corrected chi connectivity index (χ0v) is 10.3. The van der Waals surface area contributed by atoms with Crippen LogP contribution in [0.5, 0.6) is 11.5 Å². The number of aromatic hydroxyl groups is 2. The molecule has 2 aromatic rings. The molecule has 3 N–H and O–H groups in total. The number of hydrogen-bond acceptors (Lipinski definition) is 5. The van der Waals surface area contributed by atoms with Gasteiger partial charge in [-0.15, -0.1) is 10.2 Å². The first-order chi connectivity index (χ1) is 8.58. The van der Waals surface area contributed by atoms with E-state index in [0.29, 0.717) is 6.54 Å². The summed E-state index contributed by atoms with van der Waals surface area (Å²) in [6.07, 6.45) is 1.64. The van der Waals surface area contributed by atoms with Crippen LogP contribution >= 0.6 is 0 Å². The lowest BCUT2D eigenvalue weighted by atomic mass is 10.2. The summed E-state index contributed by atoms with van der Waals surface area (Å²) in [6, 6.07) is 4.57. The van der Waals surface area contributed by atoms with E-state index in [1.807, 2.05) is 18.5 Å². The Kier molecular flexibility index (Phi) is 3.47. The number of nitrogens with zero attached hydrogens (tertiary/aromatic N) is 3. The van der Waals surface area contributed by atoms with E-state index >= 15 is 0 Å². The van der Waals surface area contributed by atoms with Crippen LogP contribution in [-0.4, -0.2) is 25.0 Å². The molecule has 1 atom stereocenters. The van der Waals surface area contributed by atoms with Crippen molar-refractivity contribution in [2.24, 2.45) is 7.05 Å². The maximum atomic E-state index is 9.66. The SMILES string of the molecule is CC(NCc1ccc(O)cc1O)c1nncn1C. The molecular formula is C12H16N4O2. The number of phenolic OH excluding ortho intramolecular Hbond substituents is 2. The Balaban J connectivity index is 2.01. The van der Waals surface area contributed by atoms with Crippen molar-refractivity contribution in [3.8, 4) is 11.5 Å². The third-order valence-corrected chi connectivity index (χ3v) is 2.80. The van der Waals surface area contributed by atoms with E-state index in [4.69, 9.17) is 0 Å². The molecule has 0 spiro atoms. The van der Waals surface area contributed by atoms with Crippen molar-refractivity contribution < 1.29 is 10.2 Å². The van der Waals surface area contributed by atoms with Crippen LogP contribution in [0.2, 0.25) is 0 Å². The van der Waals surface area contributed by atoms with Gasteiger partial charge < -0.3 is 20.1 Å². The van der Waals surface area contributed by atoms with E-state index in [1.165, 1.54) is 6.07 Å². The highest BCUT2D eigenvalue weighted by atomic mass is 16.3. The Morgan fingerprint density at radius 3 is 2.78 bits per heavy atom. The molecule has 1 aromatic carbocycles. The van der Waals surface area contributed by atoms with Crippen molar-refractivity contribution in [3.05, 3.63) is 35.9 Å². The molecule has 6 nitrogen and oxygen atoms in total. The van der Waals surface area contributed by atoms with Crippen LogP contribution in [0.3, 0.4) is 0 Å². The fourth-order valence-corrected chi connectivity index (χ4v) is 1.74. The van der Waals surface area contributed by atoms with Gasteiger partial charge in [0.05, 0.1) is 6.04 Å². The molecule has 0 bridgehead atoms. The van der Waals surface area contributed by atoms with Crippen molar-refractivity contribution in [2.75, 3.05) is 0 Å². The minimum absolute atomic E-state index is 0.0192. The predicted octanol–water partition coefficient (Wildman–Crippen LogP) is 1.08. The zero-order chi connectivity index (χ0) is 13.1. The zero-order valence-electron chi connectivity index (χ0n) is 10.3. The molecule has 0 fully saturated rings. The number of nitrogens with one attached hydrogen (secondary N) is 1. The lowest BCUT2D eigenvalue weighted by molar-refractivity contribution is 0.439. The average Bonchev–Trinajstić information content (AvgIpc) is 2.74. The monoisotopic (exact) mass is 248 g/mol. The molecule has 1 unspecified atom stereocenters. The Morgan fingerprint density at radius 1 is 1.39 bits per heavy atom. The Morgan fingerprint density at radius 2 is 2.17 bits per heavy atom. The fraction of sp³-hybridized carbons (Fsp3) is 0.333. The third-order valence-electron chi connectivity index (χ3n) is 2.80. The summed E-state index contributed by atoms with van der Waals surface area (Å²) in [4.78, 5) is 0. The van der Waals surface area contributed by atoms with Crippen LogP contribution in [0.25, 0.3) is 0 Å². The molecule has 1 aromatic heterocycles. The Labute approximate surface area is 105 Å². The van der Waals surface area contributed by atoms with Crippen LogP contribution < -0.4 is 5.32 Å².